The zero-order valence-corrected chi connectivity index (χ0v) is 17.8. The van der Waals surface area contributed by atoms with E-state index in [1.54, 1.807) is 55.6 Å². The summed E-state index contributed by atoms with van der Waals surface area (Å²) in [6, 6.07) is 13.7. The standard InChI is InChI=1S/C21H27N3O4S/c1-16-4-10-20(11-5-16)29(26,27)24-14-12-23(13-15-24)17(2)21(25)22-18-6-8-19(28-3)9-7-18/h4-11,17H,12-15H2,1-3H3,(H,22,25)/t17-/m1/s1. The van der Waals surface area contributed by atoms with Crippen LogP contribution in [-0.2, 0) is 14.8 Å². The number of piperazine rings is 1. The summed E-state index contributed by atoms with van der Waals surface area (Å²) in [5.41, 5.74) is 1.72. The van der Waals surface area contributed by atoms with Gasteiger partial charge in [0.25, 0.3) is 0 Å². The smallest absolute Gasteiger partial charge is 0.243 e. The number of hydrogen-bond acceptors (Lipinski definition) is 5. The number of benzene rings is 2. The maximum Gasteiger partial charge on any atom is 0.243 e. The van der Waals surface area contributed by atoms with E-state index >= 15 is 0 Å². The lowest BCUT2D eigenvalue weighted by Crippen LogP contribution is -2.53. The first-order valence-electron chi connectivity index (χ1n) is 9.57. The molecule has 1 amide bonds. The Morgan fingerprint density at radius 1 is 1.00 bits per heavy atom. The molecule has 0 radical (unpaired) electrons. The minimum Gasteiger partial charge on any atom is -0.497 e. The maximum absolute atomic E-state index is 12.8. The summed E-state index contributed by atoms with van der Waals surface area (Å²) in [5, 5.41) is 2.89. The summed E-state index contributed by atoms with van der Waals surface area (Å²) in [6.45, 7) is 5.48. The SMILES string of the molecule is COc1ccc(NC(=O)[C@@H](C)N2CCN(S(=O)(=O)c3ccc(C)cc3)CC2)cc1. The van der Waals surface area contributed by atoms with E-state index < -0.39 is 10.0 Å². The number of hydrogen-bond donors (Lipinski definition) is 1. The predicted octanol–water partition coefficient (Wildman–Crippen LogP) is 2.34. The number of carbonyl (C=O) groups excluding carboxylic acids is 1. The third-order valence-electron chi connectivity index (χ3n) is 5.22. The Balaban J connectivity index is 1.57. The molecular formula is C21H27N3O4S. The summed E-state index contributed by atoms with van der Waals surface area (Å²) >= 11 is 0. The van der Waals surface area contributed by atoms with E-state index in [-0.39, 0.29) is 11.9 Å². The van der Waals surface area contributed by atoms with Crippen LogP contribution in [0.1, 0.15) is 12.5 Å². The second kappa shape index (κ2) is 8.94. The average Bonchev–Trinajstić information content (AvgIpc) is 2.74. The molecule has 1 saturated heterocycles. The molecule has 0 bridgehead atoms. The fourth-order valence-electron chi connectivity index (χ4n) is 3.28. The fourth-order valence-corrected chi connectivity index (χ4v) is 4.70. The number of nitrogens with one attached hydrogen (secondary N) is 1. The molecule has 1 fully saturated rings. The van der Waals surface area contributed by atoms with Gasteiger partial charge in [-0.1, -0.05) is 17.7 Å². The molecule has 3 rings (SSSR count). The topological polar surface area (TPSA) is 79.0 Å². The third kappa shape index (κ3) is 4.95. The van der Waals surface area contributed by atoms with Gasteiger partial charge in [-0.2, -0.15) is 4.31 Å². The monoisotopic (exact) mass is 417 g/mol. The van der Waals surface area contributed by atoms with Gasteiger partial charge in [0.15, 0.2) is 0 Å². The zero-order chi connectivity index (χ0) is 21.0. The minimum absolute atomic E-state index is 0.120. The first kappa shape index (κ1) is 21.3. The van der Waals surface area contributed by atoms with E-state index in [1.165, 1.54) is 4.31 Å². The molecule has 0 aliphatic carbocycles. The summed E-state index contributed by atoms with van der Waals surface area (Å²) in [5.74, 6) is 0.604. The Morgan fingerprint density at radius 2 is 1.59 bits per heavy atom. The number of sulfonamides is 1. The molecule has 0 aromatic heterocycles. The quantitative estimate of drug-likeness (QED) is 0.781. The lowest BCUT2D eigenvalue weighted by Gasteiger charge is -2.36. The van der Waals surface area contributed by atoms with Crippen LogP contribution in [0.25, 0.3) is 0 Å². The average molecular weight is 418 g/mol. The van der Waals surface area contributed by atoms with Crippen LogP contribution in [0.5, 0.6) is 5.75 Å². The second-order valence-electron chi connectivity index (χ2n) is 7.15. The molecule has 2 aromatic carbocycles. The van der Waals surface area contributed by atoms with Crippen LogP contribution in [0.3, 0.4) is 0 Å². The molecule has 1 aliphatic heterocycles. The van der Waals surface area contributed by atoms with Gasteiger partial charge in [0.2, 0.25) is 15.9 Å². The van der Waals surface area contributed by atoms with Gasteiger partial charge in [-0.3, -0.25) is 9.69 Å². The molecule has 7 nitrogen and oxygen atoms in total. The highest BCUT2D eigenvalue weighted by Crippen LogP contribution is 2.20. The van der Waals surface area contributed by atoms with E-state index in [9.17, 15) is 13.2 Å². The molecular weight excluding hydrogens is 390 g/mol. The van der Waals surface area contributed by atoms with Gasteiger partial charge >= 0.3 is 0 Å². The number of anilines is 1. The van der Waals surface area contributed by atoms with Crippen LogP contribution in [0.15, 0.2) is 53.4 Å². The molecule has 2 aromatic rings. The number of carbonyl (C=O) groups is 1. The van der Waals surface area contributed by atoms with Gasteiger partial charge in [0, 0.05) is 31.9 Å². The van der Waals surface area contributed by atoms with E-state index in [0.29, 0.717) is 36.8 Å². The van der Waals surface area contributed by atoms with Crippen molar-refractivity contribution in [2.24, 2.45) is 0 Å². The van der Waals surface area contributed by atoms with Crippen molar-refractivity contribution in [2.45, 2.75) is 24.8 Å². The minimum atomic E-state index is -3.51. The van der Waals surface area contributed by atoms with Crippen LogP contribution >= 0.6 is 0 Å². The first-order valence-corrected chi connectivity index (χ1v) is 11.0. The molecule has 8 heteroatoms. The van der Waals surface area contributed by atoms with Crippen molar-refractivity contribution in [1.29, 1.82) is 0 Å². The molecule has 0 spiro atoms. The third-order valence-corrected chi connectivity index (χ3v) is 7.13. The van der Waals surface area contributed by atoms with Crippen molar-refractivity contribution >= 4 is 21.6 Å². The predicted molar refractivity (Wildman–Crippen MR) is 113 cm³/mol. The maximum atomic E-state index is 12.8. The van der Waals surface area contributed by atoms with Gasteiger partial charge in [-0.15, -0.1) is 0 Å². The van der Waals surface area contributed by atoms with Crippen LogP contribution < -0.4 is 10.1 Å². The van der Waals surface area contributed by atoms with E-state index in [2.05, 4.69) is 5.32 Å². The Kier molecular flexibility index (Phi) is 6.56. The number of nitrogens with zero attached hydrogens (tertiary/aromatic N) is 2. The van der Waals surface area contributed by atoms with Gasteiger partial charge in [-0.05, 0) is 50.2 Å². The molecule has 156 valence electrons. The summed E-state index contributed by atoms with van der Waals surface area (Å²) < 4.78 is 32.2. The number of aryl methyl sites for hydroxylation is 1. The Labute approximate surface area is 172 Å². The van der Waals surface area contributed by atoms with E-state index in [4.69, 9.17) is 4.74 Å². The van der Waals surface area contributed by atoms with Crippen molar-refractivity contribution in [3.05, 3.63) is 54.1 Å². The van der Waals surface area contributed by atoms with Crippen molar-refractivity contribution in [2.75, 3.05) is 38.6 Å². The fraction of sp³-hybridized carbons (Fsp3) is 0.381. The molecule has 0 saturated carbocycles. The highest BCUT2D eigenvalue weighted by molar-refractivity contribution is 7.89. The number of methoxy groups -OCH3 is 1. The highest BCUT2D eigenvalue weighted by Gasteiger charge is 2.31. The molecule has 1 heterocycles. The van der Waals surface area contributed by atoms with Gasteiger partial charge in [-0.25, -0.2) is 8.42 Å². The van der Waals surface area contributed by atoms with Crippen LogP contribution in [0.2, 0.25) is 0 Å². The number of ether oxygens (including phenoxy) is 1. The first-order chi connectivity index (χ1) is 13.8. The Hall–Kier alpha value is -2.42. The highest BCUT2D eigenvalue weighted by atomic mass is 32.2. The zero-order valence-electron chi connectivity index (χ0n) is 17.0. The van der Waals surface area contributed by atoms with E-state index in [1.807, 2.05) is 18.7 Å². The van der Waals surface area contributed by atoms with Crippen LogP contribution in [0.4, 0.5) is 5.69 Å². The number of amides is 1. The number of rotatable bonds is 6. The second-order valence-corrected chi connectivity index (χ2v) is 9.08. The molecule has 1 N–H and O–H groups in total. The molecule has 1 aliphatic rings. The molecule has 0 unspecified atom stereocenters. The van der Waals surface area contributed by atoms with Crippen molar-refractivity contribution in [1.82, 2.24) is 9.21 Å². The van der Waals surface area contributed by atoms with Crippen molar-refractivity contribution in [3.63, 3.8) is 0 Å². The summed E-state index contributed by atoms with van der Waals surface area (Å²) in [6.07, 6.45) is 0. The van der Waals surface area contributed by atoms with Gasteiger partial charge < -0.3 is 10.1 Å². The van der Waals surface area contributed by atoms with Gasteiger partial charge in [0.05, 0.1) is 18.0 Å². The molecule has 29 heavy (non-hydrogen) atoms. The summed E-state index contributed by atoms with van der Waals surface area (Å²) in [7, 11) is -1.92. The Morgan fingerprint density at radius 3 is 2.14 bits per heavy atom. The Bertz CT molecular complexity index is 935. The van der Waals surface area contributed by atoms with Gasteiger partial charge in [0.1, 0.15) is 5.75 Å². The van der Waals surface area contributed by atoms with Crippen molar-refractivity contribution in [3.8, 4) is 5.75 Å². The van der Waals surface area contributed by atoms with Crippen LogP contribution in [-0.4, -0.2) is 62.9 Å². The largest absolute Gasteiger partial charge is 0.497 e. The normalized spacial score (nSPS) is 16.9. The van der Waals surface area contributed by atoms with E-state index in [0.717, 1.165) is 11.3 Å². The lowest BCUT2D eigenvalue weighted by atomic mass is 10.2. The lowest BCUT2D eigenvalue weighted by molar-refractivity contribution is -0.121. The summed E-state index contributed by atoms with van der Waals surface area (Å²) in [4.78, 5) is 14.9. The molecule has 1 atom stereocenters. The van der Waals surface area contributed by atoms with Crippen molar-refractivity contribution < 1.29 is 17.9 Å². The van der Waals surface area contributed by atoms with Crippen LogP contribution in [0, 0.1) is 6.92 Å².